The largest absolute Gasteiger partial charge is 0.410 e. The van der Waals surface area contributed by atoms with Crippen LogP contribution in [0.1, 0.15) is 5.56 Å². The van der Waals surface area contributed by atoms with E-state index in [0.717, 1.165) is 9.86 Å². The molecule has 0 bridgehead atoms. The Bertz CT molecular complexity index is 957. The number of pyridine rings is 2. The molecule has 0 saturated carbocycles. The highest BCUT2D eigenvalue weighted by molar-refractivity contribution is 9.10. The van der Waals surface area contributed by atoms with Crippen molar-refractivity contribution in [2.75, 3.05) is 0 Å². The highest BCUT2D eigenvalue weighted by atomic mass is 79.9. The maximum absolute atomic E-state index is 11.2. The van der Waals surface area contributed by atoms with E-state index in [1.807, 2.05) is 6.07 Å². The number of aromatic nitrogens is 4. The van der Waals surface area contributed by atoms with Crippen molar-refractivity contribution in [1.29, 1.82) is 0 Å². The van der Waals surface area contributed by atoms with Crippen LogP contribution in [0.4, 0.5) is 4.79 Å². The van der Waals surface area contributed by atoms with E-state index in [1.54, 1.807) is 12.4 Å². The van der Waals surface area contributed by atoms with Gasteiger partial charge in [-0.25, -0.2) is 19.4 Å². The molecule has 0 aliphatic rings. The molecule has 0 aliphatic carbocycles. The lowest BCUT2D eigenvalue weighted by molar-refractivity contribution is 0.210. The first-order chi connectivity index (χ1) is 11.7. The third-order valence-electron chi connectivity index (χ3n) is 3.12. The molecule has 3 aromatic heterocycles. The minimum atomic E-state index is -1.64. The number of hydrogen-bond donors (Lipinski definition) is 1. The zero-order valence-electron chi connectivity index (χ0n) is 12.3. The lowest BCUT2D eigenvalue weighted by Gasteiger charge is -2.16. The minimum absolute atomic E-state index is 0.0726. The minimum Gasteiger partial charge on any atom is -0.410 e. The van der Waals surface area contributed by atoms with Crippen LogP contribution in [0.2, 0.25) is 0 Å². The Balaban J connectivity index is 2.17. The van der Waals surface area contributed by atoms with Crippen molar-refractivity contribution in [3.63, 3.8) is 0 Å². The molecule has 7 nitrogen and oxygen atoms in total. The summed E-state index contributed by atoms with van der Waals surface area (Å²) in [4.78, 5) is 19.6. The van der Waals surface area contributed by atoms with Crippen LogP contribution in [0.15, 0.2) is 35.2 Å². The van der Waals surface area contributed by atoms with Gasteiger partial charge in [-0.1, -0.05) is 34.8 Å². The van der Waals surface area contributed by atoms with Crippen molar-refractivity contribution in [2.24, 2.45) is 5.73 Å². The number of primary amides is 1. The van der Waals surface area contributed by atoms with E-state index in [9.17, 15) is 4.79 Å². The topological polar surface area (TPSA) is 95.9 Å². The summed E-state index contributed by atoms with van der Waals surface area (Å²) in [6, 6.07) is 3.31. The van der Waals surface area contributed by atoms with Gasteiger partial charge in [-0.15, -0.1) is 5.10 Å². The van der Waals surface area contributed by atoms with Crippen molar-refractivity contribution in [1.82, 2.24) is 19.7 Å². The Hall–Kier alpha value is -1.61. The van der Waals surface area contributed by atoms with Crippen LogP contribution in [-0.2, 0) is 6.42 Å². The van der Waals surface area contributed by atoms with Crippen LogP contribution in [0.5, 0.6) is 5.75 Å². The van der Waals surface area contributed by atoms with Crippen LogP contribution < -0.4 is 10.5 Å². The summed E-state index contributed by atoms with van der Waals surface area (Å²) in [5, 5.41) is 5.13. The van der Waals surface area contributed by atoms with E-state index >= 15 is 0 Å². The highest BCUT2D eigenvalue weighted by Crippen LogP contribution is 2.36. The summed E-state index contributed by atoms with van der Waals surface area (Å²) in [5.74, 6) is 0.469. The van der Waals surface area contributed by atoms with Gasteiger partial charge in [-0.2, -0.15) is 0 Å². The molecule has 3 rings (SSSR count). The molecule has 3 heterocycles. The molecule has 0 radical (unpaired) electrons. The average molecular weight is 466 g/mol. The molecule has 0 fully saturated rings. The summed E-state index contributed by atoms with van der Waals surface area (Å²) in [7, 11) is 0. The number of ether oxygens (including phenoxy) is 1. The first kappa shape index (κ1) is 18.2. The molecule has 0 atom stereocenters. The van der Waals surface area contributed by atoms with Crippen molar-refractivity contribution in [2.45, 2.75) is 10.2 Å². The Morgan fingerprint density at radius 3 is 2.80 bits per heavy atom. The molecule has 25 heavy (non-hydrogen) atoms. The maximum Gasteiger partial charge on any atom is 0.409 e. The number of nitrogens with zero attached hydrogens (tertiary/aromatic N) is 4. The normalized spacial score (nSPS) is 11.7. The highest BCUT2D eigenvalue weighted by Gasteiger charge is 2.27. The van der Waals surface area contributed by atoms with Gasteiger partial charge in [0.05, 0.1) is 0 Å². The number of hydrogen-bond acceptors (Lipinski definition) is 5. The quantitative estimate of drug-likeness (QED) is 0.591. The van der Waals surface area contributed by atoms with Crippen molar-refractivity contribution in [3.05, 3.63) is 40.8 Å². The number of carbonyl (C=O) groups is 1. The molecule has 2 N–H and O–H groups in total. The van der Waals surface area contributed by atoms with Gasteiger partial charge >= 0.3 is 6.09 Å². The maximum atomic E-state index is 11.2. The van der Waals surface area contributed by atoms with E-state index in [1.165, 1.54) is 16.9 Å². The first-order valence-corrected chi connectivity index (χ1v) is 8.69. The van der Waals surface area contributed by atoms with Gasteiger partial charge in [0.2, 0.25) is 0 Å². The lowest BCUT2D eigenvalue weighted by atomic mass is 10.2. The van der Waals surface area contributed by atoms with E-state index in [-0.39, 0.29) is 12.2 Å². The SMILES string of the molecule is NC(=O)Oc1ccnc(-n2cc3cc(Br)cnc3n2)c1CC(Cl)(Cl)Cl. The molecule has 0 unspecified atom stereocenters. The smallest absolute Gasteiger partial charge is 0.409 e. The first-order valence-electron chi connectivity index (χ1n) is 6.76. The van der Waals surface area contributed by atoms with Crippen LogP contribution in [0.3, 0.4) is 0 Å². The lowest BCUT2D eigenvalue weighted by Crippen LogP contribution is -2.20. The standard InChI is InChI=1S/C14H9BrCl3N5O2/c15-8-3-7-6-23(22-11(7)21-5-8)12-9(4-14(16,17)18)10(1-2-20-12)25-13(19)24/h1-3,5-6H,4H2,(H2,19,24). The molecule has 0 aromatic carbocycles. The van der Waals surface area contributed by atoms with Gasteiger partial charge < -0.3 is 10.5 Å². The third-order valence-corrected chi connectivity index (χ3v) is 3.95. The van der Waals surface area contributed by atoms with Crippen LogP contribution in [0, 0.1) is 0 Å². The van der Waals surface area contributed by atoms with E-state index in [0.29, 0.717) is 17.0 Å². The van der Waals surface area contributed by atoms with Crippen molar-refractivity contribution >= 4 is 67.9 Å². The molecular formula is C14H9BrCl3N5O2. The predicted molar refractivity (Wildman–Crippen MR) is 98.6 cm³/mol. The zero-order valence-corrected chi connectivity index (χ0v) is 16.1. The number of alkyl halides is 3. The molecule has 0 aliphatic heterocycles. The summed E-state index contributed by atoms with van der Waals surface area (Å²) in [5.41, 5.74) is 5.98. The zero-order chi connectivity index (χ0) is 18.2. The van der Waals surface area contributed by atoms with Crippen LogP contribution >= 0.6 is 50.7 Å². The molecule has 0 saturated heterocycles. The van der Waals surface area contributed by atoms with E-state index in [2.05, 4.69) is 31.0 Å². The summed E-state index contributed by atoms with van der Waals surface area (Å²) >= 11 is 21.1. The second-order valence-corrected chi connectivity index (χ2v) is 8.40. The van der Waals surface area contributed by atoms with E-state index < -0.39 is 9.89 Å². The molecular weight excluding hydrogens is 456 g/mol. The van der Waals surface area contributed by atoms with Gasteiger partial charge in [-0.3, -0.25) is 0 Å². The average Bonchev–Trinajstić information content (AvgIpc) is 2.89. The Morgan fingerprint density at radius 1 is 1.36 bits per heavy atom. The van der Waals surface area contributed by atoms with Gasteiger partial charge in [-0.05, 0) is 28.1 Å². The number of halogens is 4. The van der Waals surface area contributed by atoms with Crippen molar-refractivity contribution < 1.29 is 9.53 Å². The van der Waals surface area contributed by atoms with Gasteiger partial charge in [0.25, 0.3) is 0 Å². The monoisotopic (exact) mass is 463 g/mol. The second-order valence-electron chi connectivity index (χ2n) is 4.96. The number of rotatable bonds is 3. The number of amides is 1. The van der Waals surface area contributed by atoms with Crippen LogP contribution in [-0.4, -0.2) is 29.6 Å². The predicted octanol–water partition coefficient (Wildman–Crippen LogP) is 3.95. The third kappa shape index (κ3) is 4.33. The number of carbonyl (C=O) groups excluding carboxylic acids is 1. The molecule has 130 valence electrons. The second kappa shape index (κ2) is 6.95. The Morgan fingerprint density at radius 2 is 2.12 bits per heavy atom. The molecule has 0 spiro atoms. The summed E-state index contributed by atoms with van der Waals surface area (Å²) in [6.07, 6.45) is 3.72. The summed E-state index contributed by atoms with van der Waals surface area (Å²) in [6.45, 7) is 0. The van der Waals surface area contributed by atoms with Gasteiger partial charge in [0.1, 0.15) is 5.75 Å². The number of fused-ring (bicyclic) bond motifs is 1. The molecule has 3 aromatic rings. The molecule has 11 heteroatoms. The Labute approximate surface area is 165 Å². The fourth-order valence-corrected chi connectivity index (χ4v) is 2.98. The van der Waals surface area contributed by atoms with Gasteiger partial charge in [0.15, 0.2) is 15.3 Å². The fourth-order valence-electron chi connectivity index (χ4n) is 2.23. The molecule has 1 amide bonds. The van der Waals surface area contributed by atoms with Crippen molar-refractivity contribution in [3.8, 4) is 11.6 Å². The van der Waals surface area contributed by atoms with Crippen LogP contribution in [0.25, 0.3) is 16.9 Å². The summed E-state index contributed by atoms with van der Waals surface area (Å²) < 4.78 is 5.65. The number of nitrogens with two attached hydrogens (primary N) is 1. The van der Waals surface area contributed by atoms with Gasteiger partial charge in [0, 0.05) is 40.4 Å². The Kier molecular flexibility index (Phi) is 5.06. The van der Waals surface area contributed by atoms with E-state index in [4.69, 9.17) is 45.3 Å². The fraction of sp³-hybridized carbons (Fsp3) is 0.143.